The molecule has 0 fully saturated rings. The van der Waals surface area contributed by atoms with Gasteiger partial charge in [-0.25, -0.2) is 0 Å². The molecule has 1 heterocycles. The summed E-state index contributed by atoms with van der Waals surface area (Å²) >= 11 is 0. The lowest BCUT2D eigenvalue weighted by Gasteiger charge is -2.02. The molecule has 1 amide bonds. The quantitative estimate of drug-likeness (QED) is 0.892. The van der Waals surface area contributed by atoms with Crippen molar-refractivity contribution in [3.8, 4) is 23.1 Å². The van der Waals surface area contributed by atoms with Gasteiger partial charge in [-0.05, 0) is 24.3 Å². The highest BCUT2D eigenvalue weighted by atomic mass is 16.5. The molecule has 0 atom stereocenters. The van der Waals surface area contributed by atoms with Gasteiger partial charge in [-0.1, -0.05) is 0 Å². The second-order valence-electron chi connectivity index (χ2n) is 4.16. The minimum atomic E-state index is -0.543. The van der Waals surface area contributed by atoms with E-state index in [0.717, 1.165) is 11.3 Å². The molecule has 6 nitrogen and oxygen atoms in total. The van der Waals surface area contributed by atoms with Crippen LogP contribution in [-0.2, 0) is 6.54 Å². The molecule has 0 saturated heterocycles. The van der Waals surface area contributed by atoms with Gasteiger partial charge in [0.1, 0.15) is 11.4 Å². The summed E-state index contributed by atoms with van der Waals surface area (Å²) in [6.45, 7) is 0.424. The highest BCUT2D eigenvalue weighted by Gasteiger charge is 2.15. The molecule has 6 heteroatoms. The number of amides is 1. The Bertz CT molecular complexity index is 653. The number of hydrogen-bond acceptors (Lipinski definition) is 4. The standard InChI is InChI=1S/C14H14N4O2/c1-20-11-5-3-10(4-6-11)13-12(14(16)19)9-18(17-13)8-2-7-15/h3-6,9H,2,8H2,1H3,(H2,16,19). The first-order valence-corrected chi connectivity index (χ1v) is 6.04. The van der Waals surface area contributed by atoms with E-state index in [4.69, 9.17) is 15.7 Å². The van der Waals surface area contributed by atoms with E-state index < -0.39 is 5.91 Å². The van der Waals surface area contributed by atoms with Crippen molar-refractivity contribution >= 4 is 5.91 Å². The molecule has 0 aliphatic rings. The van der Waals surface area contributed by atoms with Crippen LogP contribution in [0.3, 0.4) is 0 Å². The number of aryl methyl sites for hydroxylation is 1. The molecule has 0 radical (unpaired) electrons. The number of carbonyl (C=O) groups is 1. The molecular weight excluding hydrogens is 256 g/mol. The van der Waals surface area contributed by atoms with Gasteiger partial charge >= 0.3 is 0 Å². The van der Waals surface area contributed by atoms with Gasteiger partial charge in [0.05, 0.1) is 31.7 Å². The predicted molar refractivity (Wildman–Crippen MR) is 73.0 cm³/mol. The molecule has 0 bridgehead atoms. The average molecular weight is 270 g/mol. The Morgan fingerprint density at radius 2 is 2.15 bits per heavy atom. The van der Waals surface area contributed by atoms with Crippen LogP contribution in [-0.4, -0.2) is 22.8 Å². The molecule has 2 aromatic rings. The zero-order valence-electron chi connectivity index (χ0n) is 11.0. The fourth-order valence-electron chi connectivity index (χ4n) is 1.84. The lowest BCUT2D eigenvalue weighted by atomic mass is 10.1. The molecule has 1 aromatic heterocycles. The molecule has 0 aliphatic heterocycles. The van der Waals surface area contributed by atoms with Crippen LogP contribution in [0, 0.1) is 11.3 Å². The van der Waals surface area contributed by atoms with Crippen LogP contribution in [0.25, 0.3) is 11.3 Å². The van der Waals surface area contributed by atoms with E-state index in [1.54, 1.807) is 30.1 Å². The number of benzene rings is 1. The van der Waals surface area contributed by atoms with E-state index in [2.05, 4.69) is 5.10 Å². The molecule has 102 valence electrons. The Labute approximate surface area is 116 Å². The van der Waals surface area contributed by atoms with Gasteiger partial charge in [-0.2, -0.15) is 10.4 Å². The van der Waals surface area contributed by atoms with Gasteiger partial charge in [-0.15, -0.1) is 0 Å². The number of rotatable bonds is 5. The van der Waals surface area contributed by atoms with Crippen LogP contribution in [0.1, 0.15) is 16.8 Å². The lowest BCUT2D eigenvalue weighted by Crippen LogP contribution is -2.11. The number of methoxy groups -OCH3 is 1. The summed E-state index contributed by atoms with van der Waals surface area (Å²) in [5.74, 6) is 0.178. The summed E-state index contributed by atoms with van der Waals surface area (Å²) in [4.78, 5) is 11.5. The summed E-state index contributed by atoms with van der Waals surface area (Å²) in [6.07, 6.45) is 1.89. The van der Waals surface area contributed by atoms with Crippen LogP contribution >= 0.6 is 0 Å². The zero-order valence-corrected chi connectivity index (χ0v) is 11.0. The number of nitriles is 1. The third-order valence-electron chi connectivity index (χ3n) is 2.84. The largest absolute Gasteiger partial charge is 0.497 e. The van der Waals surface area contributed by atoms with Gasteiger partial charge < -0.3 is 10.5 Å². The van der Waals surface area contributed by atoms with Gasteiger partial charge in [0.25, 0.3) is 5.91 Å². The lowest BCUT2D eigenvalue weighted by molar-refractivity contribution is 0.100. The molecule has 0 spiro atoms. The van der Waals surface area contributed by atoms with Crippen LogP contribution in [0.5, 0.6) is 5.75 Å². The van der Waals surface area contributed by atoms with E-state index in [0.29, 0.717) is 24.2 Å². The van der Waals surface area contributed by atoms with Gasteiger partial charge in [0, 0.05) is 11.8 Å². The van der Waals surface area contributed by atoms with E-state index in [9.17, 15) is 4.79 Å². The molecule has 20 heavy (non-hydrogen) atoms. The van der Waals surface area contributed by atoms with Crippen molar-refractivity contribution < 1.29 is 9.53 Å². The fraction of sp³-hybridized carbons (Fsp3) is 0.214. The average Bonchev–Trinajstić information content (AvgIpc) is 2.89. The highest BCUT2D eigenvalue weighted by molar-refractivity contribution is 5.98. The predicted octanol–water partition coefficient (Wildman–Crippen LogP) is 1.57. The number of hydrogen-bond donors (Lipinski definition) is 1. The summed E-state index contributed by atoms with van der Waals surface area (Å²) in [6, 6.07) is 9.22. The van der Waals surface area contributed by atoms with E-state index in [1.807, 2.05) is 18.2 Å². The van der Waals surface area contributed by atoms with Gasteiger partial charge in [0.15, 0.2) is 0 Å². The summed E-state index contributed by atoms with van der Waals surface area (Å²) < 4.78 is 6.65. The van der Waals surface area contributed by atoms with E-state index in [-0.39, 0.29) is 0 Å². The summed E-state index contributed by atoms with van der Waals surface area (Å²) in [5.41, 5.74) is 6.99. The molecule has 0 saturated carbocycles. The first-order valence-electron chi connectivity index (χ1n) is 6.04. The minimum absolute atomic E-state index is 0.321. The minimum Gasteiger partial charge on any atom is -0.497 e. The maximum absolute atomic E-state index is 11.5. The van der Waals surface area contributed by atoms with Crippen LogP contribution < -0.4 is 10.5 Å². The van der Waals surface area contributed by atoms with Crippen molar-refractivity contribution in [1.82, 2.24) is 9.78 Å². The Balaban J connectivity index is 2.40. The Kier molecular flexibility index (Phi) is 4.01. The molecule has 0 unspecified atom stereocenters. The normalized spacial score (nSPS) is 10.0. The van der Waals surface area contributed by atoms with Gasteiger partial charge in [0.2, 0.25) is 0 Å². The second-order valence-corrected chi connectivity index (χ2v) is 4.16. The number of nitrogens with two attached hydrogens (primary N) is 1. The molecule has 2 rings (SSSR count). The van der Waals surface area contributed by atoms with Crippen molar-refractivity contribution in [3.63, 3.8) is 0 Å². The number of aromatic nitrogens is 2. The van der Waals surface area contributed by atoms with E-state index in [1.165, 1.54) is 0 Å². The first kappa shape index (κ1) is 13.6. The summed E-state index contributed by atoms with van der Waals surface area (Å²) in [5, 5.41) is 12.9. The Morgan fingerprint density at radius 3 is 2.70 bits per heavy atom. The molecule has 0 aliphatic carbocycles. The zero-order chi connectivity index (χ0) is 14.5. The topological polar surface area (TPSA) is 93.9 Å². The molecule has 1 aromatic carbocycles. The van der Waals surface area contributed by atoms with Crippen molar-refractivity contribution in [2.24, 2.45) is 5.73 Å². The monoisotopic (exact) mass is 270 g/mol. The Hall–Kier alpha value is -2.81. The SMILES string of the molecule is COc1ccc(-c2nn(CCC#N)cc2C(N)=O)cc1. The van der Waals surface area contributed by atoms with E-state index >= 15 is 0 Å². The first-order chi connectivity index (χ1) is 9.65. The van der Waals surface area contributed by atoms with Crippen LogP contribution in [0.2, 0.25) is 0 Å². The number of ether oxygens (including phenoxy) is 1. The third kappa shape index (κ3) is 2.78. The van der Waals surface area contributed by atoms with Crippen molar-refractivity contribution in [2.75, 3.05) is 7.11 Å². The Morgan fingerprint density at radius 1 is 1.45 bits per heavy atom. The third-order valence-corrected chi connectivity index (χ3v) is 2.84. The molecule has 2 N–H and O–H groups in total. The van der Waals surface area contributed by atoms with Crippen LogP contribution in [0.4, 0.5) is 0 Å². The fourth-order valence-corrected chi connectivity index (χ4v) is 1.84. The van der Waals surface area contributed by atoms with Crippen LogP contribution in [0.15, 0.2) is 30.5 Å². The van der Waals surface area contributed by atoms with Gasteiger partial charge in [-0.3, -0.25) is 9.48 Å². The number of carbonyl (C=O) groups excluding carboxylic acids is 1. The van der Waals surface area contributed by atoms with Crippen molar-refractivity contribution in [2.45, 2.75) is 13.0 Å². The number of primary amides is 1. The summed E-state index contributed by atoms with van der Waals surface area (Å²) in [7, 11) is 1.58. The second kappa shape index (κ2) is 5.89. The molecular formula is C14H14N4O2. The maximum Gasteiger partial charge on any atom is 0.252 e. The highest BCUT2D eigenvalue weighted by Crippen LogP contribution is 2.24. The number of nitrogens with zero attached hydrogens (tertiary/aromatic N) is 3. The maximum atomic E-state index is 11.5. The van der Waals surface area contributed by atoms with Crippen molar-refractivity contribution in [3.05, 3.63) is 36.0 Å². The van der Waals surface area contributed by atoms with Crippen molar-refractivity contribution in [1.29, 1.82) is 5.26 Å². The smallest absolute Gasteiger partial charge is 0.252 e.